The molecule has 17 heavy (non-hydrogen) atoms. The highest BCUT2D eigenvalue weighted by Crippen LogP contribution is 2.28. The Kier molecular flexibility index (Phi) is 4.99. The van der Waals surface area contributed by atoms with E-state index in [1.54, 1.807) is 0 Å². The molecular weight excluding hydrogens is 214 g/mol. The van der Waals surface area contributed by atoms with E-state index < -0.39 is 0 Å². The minimum absolute atomic E-state index is 0.108. The number of nitrogens with one attached hydrogen (secondary N) is 1. The maximum Gasteiger partial charge on any atom is 0.140 e. The molecule has 2 rings (SSSR count). The number of Topliss-reactive ketones (excluding diaryl/α,β-unsaturated/α-hetero) is 1. The summed E-state index contributed by atoms with van der Waals surface area (Å²) in [5.41, 5.74) is 0. The van der Waals surface area contributed by atoms with Crippen LogP contribution in [0.2, 0.25) is 0 Å². The van der Waals surface area contributed by atoms with E-state index in [9.17, 15) is 4.79 Å². The Labute approximate surface area is 104 Å². The van der Waals surface area contributed by atoms with Crippen LogP contribution in [0.5, 0.6) is 0 Å². The van der Waals surface area contributed by atoms with Crippen molar-refractivity contribution in [1.82, 2.24) is 5.32 Å². The van der Waals surface area contributed by atoms with Crippen molar-refractivity contribution in [2.45, 2.75) is 51.5 Å². The normalized spacial score (nSPS) is 30.6. The van der Waals surface area contributed by atoms with Gasteiger partial charge in [0, 0.05) is 12.5 Å². The van der Waals surface area contributed by atoms with Crippen molar-refractivity contribution in [1.29, 1.82) is 0 Å². The summed E-state index contributed by atoms with van der Waals surface area (Å²) in [6.07, 6.45) is 7.29. The summed E-state index contributed by atoms with van der Waals surface area (Å²) in [6, 6.07) is 0.260. The van der Waals surface area contributed by atoms with E-state index in [0.29, 0.717) is 24.9 Å². The second-order valence-corrected chi connectivity index (χ2v) is 5.48. The molecular formula is C14H25NO2. The van der Waals surface area contributed by atoms with Crippen LogP contribution in [-0.2, 0) is 9.53 Å². The van der Waals surface area contributed by atoms with Gasteiger partial charge in [0.1, 0.15) is 5.78 Å². The number of likely N-dealkylation sites (N-methyl/N-ethyl adjacent to an activating group) is 1. The lowest BCUT2D eigenvalue weighted by Gasteiger charge is -2.23. The van der Waals surface area contributed by atoms with Crippen molar-refractivity contribution < 1.29 is 9.53 Å². The molecule has 0 spiro atoms. The highest BCUT2D eigenvalue weighted by Gasteiger charge is 2.34. The molecule has 1 saturated carbocycles. The Bertz CT molecular complexity index is 249. The Morgan fingerprint density at radius 3 is 2.71 bits per heavy atom. The van der Waals surface area contributed by atoms with Gasteiger partial charge in [0.25, 0.3) is 0 Å². The standard InChI is InChI=1S/C14H25NO2/c1-2-15-13-10-17-9-12(13)14(16)8-11-6-4-3-5-7-11/h11-13,15H,2-10H2,1H3. The maximum absolute atomic E-state index is 12.3. The third-order valence-electron chi connectivity index (χ3n) is 4.18. The summed E-state index contributed by atoms with van der Waals surface area (Å²) < 4.78 is 5.45. The Morgan fingerprint density at radius 2 is 2.00 bits per heavy atom. The fourth-order valence-electron chi connectivity index (χ4n) is 3.16. The zero-order valence-electron chi connectivity index (χ0n) is 10.9. The molecule has 1 saturated heterocycles. The van der Waals surface area contributed by atoms with Crippen molar-refractivity contribution in [2.24, 2.45) is 11.8 Å². The largest absolute Gasteiger partial charge is 0.379 e. The first-order valence-corrected chi connectivity index (χ1v) is 7.15. The molecule has 2 unspecified atom stereocenters. The molecule has 1 aliphatic heterocycles. The Hall–Kier alpha value is -0.410. The molecule has 0 radical (unpaired) electrons. The molecule has 2 fully saturated rings. The van der Waals surface area contributed by atoms with E-state index >= 15 is 0 Å². The molecule has 1 N–H and O–H groups in total. The van der Waals surface area contributed by atoms with Gasteiger partial charge >= 0.3 is 0 Å². The summed E-state index contributed by atoms with van der Waals surface area (Å²) >= 11 is 0. The Balaban J connectivity index is 1.81. The first kappa shape index (κ1) is 13.0. The molecule has 0 amide bonds. The number of hydrogen-bond acceptors (Lipinski definition) is 3. The summed E-state index contributed by atoms with van der Waals surface area (Å²) in [7, 11) is 0. The average molecular weight is 239 g/mol. The third-order valence-corrected chi connectivity index (χ3v) is 4.18. The Morgan fingerprint density at radius 1 is 1.24 bits per heavy atom. The molecule has 0 aromatic carbocycles. The lowest BCUT2D eigenvalue weighted by Crippen LogP contribution is -2.39. The first-order chi connectivity index (χ1) is 8.31. The maximum atomic E-state index is 12.3. The van der Waals surface area contributed by atoms with Crippen LogP contribution >= 0.6 is 0 Å². The van der Waals surface area contributed by atoms with Gasteiger partial charge in [-0.1, -0.05) is 39.0 Å². The van der Waals surface area contributed by atoms with Crippen LogP contribution in [0.15, 0.2) is 0 Å². The number of ketones is 1. The van der Waals surface area contributed by atoms with E-state index in [-0.39, 0.29) is 12.0 Å². The minimum atomic E-state index is 0.108. The summed E-state index contributed by atoms with van der Waals surface area (Å²) in [6.45, 7) is 4.33. The molecule has 0 aromatic heterocycles. The zero-order valence-corrected chi connectivity index (χ0v) is 10.9. The molecule has 3 heteroatoms. The van der Waals surface area contributed by atoms with Crippen LogP contribution in [0.4, 0.5) is 0 Å². The van der Waals surface area contributed by atoms with Gasteiger partial charge in [0.05, 0.1) is 19.1 Å². The lowest BCUT2D eigenvalue weighted by molar-refractivity contribution is -0.124. The van der Waals surface area contributed by atoms with Gasteiger partial charge < -0.3 is 10.1 Å². The minimum Gasteiger partial charge on any atom is -0.379 e. The monoisotopic (exact) mass is 239 g/mol. The van der Waals surface area contributed by atoms with Gasteiger partial charge in [0.15, 0.2) is 0 Å². The van der Waals surface area contributed by atoms with Crippen molar-refractivity contribution in [3.63, 3.8) is 0 Å². The van der Waals surface area contributed by atoms with Crippen molar-refractivity contribution in [2.75, 3.05) is 19.8 Å². The van der Waals surface area contributed by atoms with Gasteiger partial charge in [-0.25, -0.2) is 0 Å². The number of carbonyl (C=O) groups excluding carboxylic acids is 1. The van der Waals surface area contributed by atoms with Crippen LogP contribution in [0.1, 0.15) is 45.4 Å². The highest BCUT2D eigenvalue weighted by molar-refractivity contribution is 5.82. The van der Waals surface area contributed by atoms with Crippen molar-refractivity contribution >= 4 is 5.78 Å². The van der Waals surface area contributed by atoms with Gasteiger partial charge in [-0.15, -0.1) is 0 Å². The van der Waals surface area contributed by atoms with Crippen LogP contribution in [0, 0.1) is 11.8 Å². The van der Waals surface area contributed by atoms with E-state index in [1.807, 2.05) is 0 Å². The quantitative estimate of drug-likeness (QED) is 0.799. The van der Waals surface area contributed by atoms with Gasteiger partial charge in [0.2, 0.25) is 0 Å². The van der Waals surface area contributed by atoms with Gasteiger partial charge in [-0.05, 0) is 12.5 Å². The second-order valence-electron chi connectivity index (χ2n) is 5.48. The average Bonchev–Trinajstić information content (AvgIpc) is 2.79. The topological polar surface area (TPSA) is 38.3 Å². The molecule has 2 atom stereocenters. The predicted molar refractivity (Wildman–Crippen MR) is 68.0 cm³/mol. The van der Waals surface area contributed by atoms with Crippen LogP contribution in [0.25, 0.3) is 0 Å². The zero-order chi connectivity index (χ0) is 12.1. The highest BCUT2D eigenvalue weighted by atomic mass is 16.5. The molecule has 0 aromatic rings. The first-order valence-electron chi connectivity index (χ1n) is 7.15. The summed E-state index contributed by atoms with van der Waals surface area (Å²) in [4.78, 5) is 12.3. The van der Waals surface area contributed by atoms with E-state index in [4.69, 9.17) is 4.74 Å². The number of hydrogen-bond donors (Lipinski definition) is 1. The molecule has 1 aliphatic carbocycles. The molecule has 0 bridgehead atoms. The molecule has 1 heterocycles. The van der Waals surface area contributed by atoms with E-state index in [0.717, 1.165) is 13.0 Å². The summed E-state index contributed by atoms with van der Waals surface area (Å²) in [5, 5.41) is 3.37. The van der Waals surface area contributed by atoms with E-state index in [2.05, 4.69) is 12.2 Å². The second kappa shape index (κ2) is 6.50. The van der Waals surface area contributed by atoms with Gasteiger partial charge in [-0.2, -0.15) is 0 Å². The fourth-order valence-corrected chi connectivity index (χ4v) is 3.16. The van der Waals surface area contributed by atoms with E-state index in [1.165, 1.54) is 32.1 Å². The fraction of sp³-hybridized carbons (Fsp3) is 0.929. The molecule has 2 aliphatic rings. The number of rotatable bonds is 5. The summed E-state index contributed by atoms with van der Waals surface area (Å²) in [5.74, 6) is 1.19. The predicted octanol–water partition coefficient (Wildman–Crippen LogP) is 2.15. The van der Waals surface area contributed by atoms with Crippen LogP contribution in [-0.4, -0.2) is 31.6 Å². The number of ether oxygens (including phenoxy) is 1. The SMILES string of the molecule is CCNC1COCC1C(=O)CC1CCCCC1. The van der Waals surface area contributed by atoms with Crippen LogP contribution < -0.4 is 5.32 Å². The lowest BCUT2D eigenvalue weighted by atomic mass is 9.82. The van der Waals surface area contributed by atoms with Crippen LogP contribution in [0.3, 0.4) is 0 Å². The van der Waals surface area contributed by atoms with Gasteiger partial charge in [-0.3, -0.25) is 4.79 Å². The number of carbonyl (C=O) groups is 1. The third kappa shape index (κ3) is 3.52. The molecule has 3 nitrogen and oxygen atoms in total. The van der Waals surface area contributed by atoms with Crippen molar-refractivity contribution in [3.05, 3.63) is 0 Å². The van der Waals surface area contributed by atoms with Crippen molar-refractivity contribution in [3.8, 4) is 0 Å². The molecule has 98 valence electrons. The smallest absolute Gasteiger partial charge is 0.140 e.